The summed E-state index contributed by atoms with van der Waals surface area (Å²) in [6.45, 7) is 5.01. The van der Waals surface area contributed by atoms with E-state index in [0.29, 0.717) is 12.1 Å². The SMILES string of the molecule is CCN1CCN(CC(N)c2ccccc2OC(F)F)CC1. The summed E-state index contributed by atoms with van der Waals surface area (Å²) in [6.07, 6.45) is 0. The second-order valence-electron chi connectivity index (χ2n) is 5.26. The Morgan fingerprint density at radius 1 is 1.14 bits per heavy atom. The van der Waals surface area contributed by atoms with Crippen LogP contribution >= 0.6 is 0 Å². The van der Waals surface area contributed by atoms with Crippen LogP contribution in [0.1, 0.15) is 18.5 Å². The summed E-state index contributed by atoms with van der Waals surface area (Å²) in [4.78, 5) is 4.66. The van der Waals surface area contributed by atoms with Gasteiger partial charge in [-0.15, -0.1) is 0 Å². The average Bonchev–Trinajstić information content (AvgIpc) is 2.48. The predicted octanol–water partition coefficient (Wildman–Crippen LogP) is 1.93. The Labute approximate surface area is 124 Å². The van der Waals surface area contributed by atoms with Crippen LogP contribution in [0.25, 0.3) is 0 Å². The highest BCUT2D eigenvalue weighted by Gasteiger charge is 2.20. The Hall–Kier alpha value is -1.24. The van der Waals surface area contributed by atoms with Crippen LogP contribution in [-0.4, -0.2) is 55.7 Å². The second kappa shape index (κ2) is 7.68. The summed E-state index contributed by atoms with van der Waals surface area (Å²) >= 11 is 0. The number of hydrogen-bond acceptors (Lipinski definition) is 4. The van der Waals surface area contributed by atoms with Gasteiger partial charge in [-0.2, -0.15) is 8.78 Å². The largest absolute Gasteiger partial charge is 0.434 e. The van der Waals surface area contributed by atoms with Crippen molar-refractivity contribution in [1.82, 2.24) is 9.80 Å². The normalized spacial score (nSPS) is 18.9. The number of hydrogen-bond donors (Lipinski definition) is 1. The van der Waals surface area contributed by atoms with Crippen molar-refractivity contribution >= 4 is 0 Å². The van der Waals surface area contributed by atoms with Gasteiger partial charge in [0.05, 0.1) is 0 Å². The average molecular weight is 299 g/mol. The minimum absolute atomic E-state index is 0.173. The first kappa shape index (κ1) is 16.1. The zero-order valence-electron chi connectivity index (χ0n) is 12.3. The Balaban J connectivity index is 1.95. The molecule has 1 fully saturated rings. The lowest BCUT2D eigenvalue weighted by atomic mass is 10.1. The Morgan fingerprint density at radius 2 is 1.76 bits per heavy atom. The number of benzene rings is 1. The van der Waals surface area contributed by atoms with Gasteiger partial charge in [0.15, 0.2) is 0 Å². The van der Waals surface area contributed by atoms with Gasteiger partial charge >= 0.3 is 6.61 Å². The quantitative estimate of drug-likeness (QED) is 0.871. The van der Waals surface area contributed by atoms with Crippen LogP contribution in [0, 0.1) is 0 Å². The van der Waals surface area contributed by atoms with Gasteiger partial charge in [-0.05, 0) is 12.6 Å². The Morgan fingerprint density at radius 3 is 2.38 bits per heavy atom. The zero-order chi connectivity index (χ0) is 15.2. The standard InChI is InChI=1S/C15H23F2N3O/c1-2-19-7-9-20(10-8-19)11-13(18)12-5-3-4-6-14(12)21-15(16)17/h3-6,13,15H,2,7-11,18H2,1H3. The Kier molecular flexibility index (Phi) is 5.90. The molecule has 1 aromatic carbocycles. The van der Waals surface area contributed by atoms with Gasteiger partial charge in [-0.1, -0.05) is 25.1 Å². The highest BCUT2D eigenvalue weighted by Crippen LogP contribution is 2.26. The molecule has 0 radical (unpaired) electrons. The summed E-state index contributed by atoms with van der Waals surface area (Å²) < 4.78 is 29.4. The van der Waals surface area contributed by atoms with Crippen LogP contribution in [-0.2, 0) is 0 Å². The van der Waals surface area contributed by atoms with Gasteiger partial charge in [0.25, 0.3) is 0 Å². The molecule has 118 valence electrons. The predicted molar refractivity (Wildman–Crippen MR) is 78.6 cm³/mol. The molecule has 1 aliphatic rings. The molecule has 0 saturated carbocycles. The molecule has 0 spiro atoms. The molecule has 1 unspecified atom stereocenters. The van der Waals surface area contributed by atoms with Gasteiger partial charge in [-0.25, -0.2) is 0 Å². The third kappa shape index (κ3) is 4.62. The summed E-state index contributed by atoms with van der Waals surface area (Å²) in [5.74, 6) is 0.173. The topological polar surface area (TPSA) is 41.7 Å². The molecule has 1 aliphatic heterocycles. The van der Waals surface area contributed by atoms with E-state index >= 15 is 0 Å². The maximum Gasteiger partial charge on any atom is 0.387 e. The third-order valence-electron chi connectivity index (χ3n) is 3.90. The van der Waals surface area contributed by atoms with Crippen molar-refractivity contribution in [3.63, 3.8) is 0 Å². The number of piperazine rings is 1. The van der Waals surface area contributed by atoms with Crippen LogP contribution in [0.3, 0.4) is 0 Å². The molecular formula is C15H23F2N3O. The van der Waals surface area contributed by atoms with Crippen LogP contribution in [0.15, 0.2) is 24.3 Å². The monoisotopic (exact) mass is 299 g/mol. The number of nitrogens with two attached hydrogens (primary N) is 1. The summed E-state index contributed by atoms with van der Waals surface area (Å²) in [7, 11) is 0. The molecular weight excluding hydrogens is 276 g/mol. The second-order valence-corrected chi connectivity index (χ2v) is 5.26. The first-order chi connectivity index (χ1) is 10.1. The molecule has 0 bridgehead atoms. The molecule has 0 aliphatic carbocycles. The van der Waals surface area contributed by atoms with E-state index in [1.54, 1.807) is 18.2 Å². The molecule has 1 heterocycles. The summed E-state index contributed by atoms with van der Waals surface area (Å²) in [5.41, 5.74) is 6.82. The van der Waals surface area contributed by atoms with Crippen LogP contribution < -0.4 is 10.5 Å². The third-order valence-corrected chi connectivity index (χ3v) is 3.90. The fourth-order valence-electron chi connectivity index (χ4n) is 2.65. The van der Waals surface area contributed by atoms with Crippen molar-refractivity contribution < 1.29 is 13.5 Å². The number of halogens is 2. The fourth-order valence-corrected chi connectivity index (χ4v) is 2.65. The van der Waals surface area contributed by atoms with Crippen molar-refractivity contribution in [2.45, 2.75) is 19.6 Å². The molecule has 2 rings (SSSR count). The maximum atomic E-state index is 12.4. The molecule has 0 aromatic heterocycles. The number of likely N-dealkylation sites (N-methyl/N-ethyl adjacent to an activating group) is 1. The van der Waals surface area contributed by atoms with Gasteiger partial charge in [-0.3, -0.25) is 4.90 Å². The molecule has 1 aromatic rings. The maximum absolute atomic E-state index is 12.4. The first-order valence-electron chi connectivity index (χ1n) is 7.34. The smallest absolute Gasteiger partial charge is 0.387 e. The lowest BCUT2D eigenvalue weighted by Crippen LogP contribution is -2.48. The lowest BCUT2D eigenvalue weighted by Gasteiger charge is -2.35. The van der Waals surface area contributed by atoms with Gasteiger partial charge in [0.1, 0.15) is 5.75 Å². The van der Waals surface area contributed by atoms with Crippen LogP contribution in [0.2, 0.25) is 0 Å². The highest BCUT2D eigenvalue weighted by molar-refractivity contribution is 5.36. The lowest BCUT2D eigenvalue weighted by molar-refractivity contribution is -0.0507. The van der Waals surface area contributed by atoms with E-state index in [2.05, 4.69) is 21.5 Å². The molecule has 0 amide bonds. The van der Waals surface area contributed by atoms with E-state index in [-0.39, 0.29) is 11.8 Å². The molecule has 1 atom stereocenters. The van der Waals surface area contributed by atoms with E-state index in [1.165, 1.54) is 6.07 Å². The molecule has 2 N–H and O–H groups in total. The van der Waals surface area contributed by atoms with Crippen molar-refractivity contribution in [3.8, 4) is 5.75 Å². The van der Waals surface area contributed by atoms with Gasteiger partial charge < -0.3 is 15.4 Å². The summed E-state index contributed by atoms with van der Waals surface area (Å²) in [6, 6.07) is 6.44. The molecule has 4 nitrogen and oxygen atoms in total. The minimum atomic E-state index is -2.83. The number of nitrogens with zero attached hydrogens (tertiary/aromatic N) is 2. The van der Waals surface area contributed by atoms with E-state index < -0.39 is 6.61 Å². The first-order valence-corrected chi connectivity index (χ1v) is 7.34. The molecule has 1 saturated heterocycles. The Bertz CT molecular complexity index is 437. The van der Waals surface area contributed by atoms with Crippen molar-refractivity contribution in [2.24, 2.45) is 5.73 Å². The van der Waals surface area contributed by atoms with E-state index in [0.717, 1.165) is 32.7 Å². The molecule has 6 heteroatoms. The number of para-hydroxylation sites is 1. The number of ether oxygens (including phenoxy) is 1. The summed E-state index contributed by atoms with van der Waals surface area (Å²) in [5, 5.41) is 0. The minimum Gasteiger partial charge on any atom is -0.434 e. The van der Waals surface area contributed by atoms with Crippen molar-refractivity contribution in [2.75, 3.05) is 39.3 Å². The van der Waals surface area contributed by atoms with Crippen LogP contribution in [0.5, 0.6) is 5.75 Å². The van der Waals surface area contributed by atoms with Gasteiger partial charge in [0, 0.05) is 44.3 Å². The zero-order valence-corrected chi connectivity index (χ0v) is 12.3. The van der Waals surface area contributed by atoms with E-state index in [1.807, 2.05) is 0 Å². The molecule has 21 heavy (non-hydrogen) atoms. The van der Waals surface area contributed by atoms with Crippen LogP contribution in [0.4, 0.5) is 8.78 Å². The van der Waals surface area contributed by atoms with Crippen molar-refractivity contribution in [3.05, 3.63) is 29.8 Å². The van der Waals surface area contributed by atoms with Gasteiger partial charge in [0.2, 0.25) is 0 Å². The van der Waals surface area contributed by atoms with Crippen molar-refractivity contribution in [1.29, 1.82) is 0 Å². The highest BCUT2D eigenvalue weighted by atomic mass is 19.3. The van der Waals surface area contributed by atoms with E-state index in [9.17, 15) is 8.78 Å². The number of rotatable bonds is 6. The van der Waals surface area contributed by atoms with E-state index in [4.69, 9.17) is 5.73 Å². The fraction of sp³-hybridized carbons (Fsp3) is 0.600. The number of alkyl halides is 2.